The summed E-state index contributed by atoms with van der Waals surface area (Å²) in [6.45, 7) is 6.54. The highest BCUT2D eigenvalue weighted by Gasteiger charge is 2.36. The Labute approximate surface area is 208 Å². The molecule has 35 heavy (non-hydrogen) atoms. The number of aromatic amines is 1. The maximum Gasteiger partial charge on any atom is 0.176 e. The van der Waals surface area contributed by atoms with Crippen molar-refractivity contribution in [3.8, 4) is 11.4 Å². The van der Waals surface area contributed by atoms with Gasteiger partial charge in [-0.2, -0.15) is 0 Å². The zero-order valence-corrected chi connectivity index (χ0v) is 20.7. The Hall–Kier alpha value is -2.59. The number of aromatic nitrogens is 4. The van der Waals surface area contributed by atoms with Crippen LogP contribution in [0, 0.1) is 0 Å². The number of likely N-dealkylation sites (tertiary alicyclic amines) is 1. The average molecular weight is 490 g/mol. The summed E-state index contributed by atoms with van der Waals surface area (Å²) >= 11 is 1.80. The summed E-state index contributed by atoms with van der Waals surface area (Å²) in [4.78, 5) is 23.8. The van der Waals surface area contributed by atoms with E-state index in [0.717, 1.165) is 84.4 Å². The second kappa shape index (κ2) is 9.13. The molecule has 3 fully saturated rings. The molecule has 0 radical (unpaired) electrons. The number of hydrogen-bond acceptors (Lipinski definition) is 8. The smallest absolute Gasteiger partial charge is 0.176 e. The molecule has 0 spiro atoms. The zero-order valence-electron chi connectivity index (χ0n) is 19.9. The SMILES string of the molecule is c1cc(-c2nc(N3CCOCC3)c3sc(C(C4CCN4)N4CCCCC4)nc3n2)c2cc[nH]c2c1. The molecule has 2 atom stereocenters. The van der Waals surface area contributed by atoms with Crippen molar-refractivity contribution in [1.29, 1.82) is 0 Å². The van der Waals surface area contributed by atoms with Crippen LogP contribution in [0.3, 0.4) is 0 Å². The Kier molecular flexibility index (Phi) is 5.65. The molecular weight excluding hydrogens is 458 g/mol. The van der Waals surface area contributed by atoms with E-state index >= 15 is 0 Å². The first-order chi connectivity index (χ1) is 17.3. The number of rotatable bonds is 5. The second-order valence-electron chi connectivity index (χ2n) is 9.81. The van der Waals surface area contributed by atoms with Crippen LogP contribution in [0.2, 0.25) is 0 Å². The Morgan fingerprint density at radius 2 is 1.86 bits per heavy atom. The minimum absolute atomic E-state index is 0.317. The summed E-state index contributed by atoms with van der Waals surface area (Å²) in [7, 11) is 0. The van der Waals surface area contributed by atoms with Crippen molar-refractivity contribution in [2.45, 2.75) is 37.8 Å². The molecule has 0 aliphatic carbocycles. The molecule has 8 nitrogen and oxygen atoms in total. The van der Waals surface area contributed by atoms with E-state index in [-0.39, 0.29) is 0 Å². The van der Waals surface area contributed by atoms with Gasteiger partial charge in [0.05, 0.1) is 19.3 Å². The van der Waals surface area contributed by atoms with Crippen LogP contribution < -0.4 is 10.2 Å². The largest absolute Gasteiger partial charge is 0.378 e. The van der Waals surface area contributed by atoms with Crippen molar-refractivity contribution in [3.05, 3.63) is 35.5 Å². The minimum atomic E-state index is 0.317. The lowest BCUT2D eigenvalue weighted by atomic mass is 9.95. The first-order valence-corrected chi connectivity index (χ1v) is 13.7. The third kappa shape index (κ3) is 3.91. The van der Waals surface area contributed by atoms with E-state index in [9.17, 15) is 0 Å². The average Bonchev–Trinajstić information content (AvgIpc) is 3.53. The Morgan fingerprint density at radius 1 is 1.00 bits per heavy atom. The Bertz CT molecular complexity index is 1330. The second-order valence-corrected chi connectivity index (χ2v) is 10.8. The number of H-pyrrole nitrogens is 1. The fourth-order valence-electron chi connectivity index (χ4n) is 5.70. The Morgan fingerprint density at radius 3 is 2.66 bits per heavy atom. The van der Waals surface area contributed by atoms with Crippen LogP contribution in [-0.4, -0.2) is 76.8 Å². The van der Waals surface area contributed by atoms with Gasteiger partial charge in [0.1, 0.15) is 9.71 Å². The first-order valence-electron chi connectivity index (χ1n) is 12.9. The molecular formula is C26H31N7OS. The molecule has 182 valence electrons. The summed E-state index contributed by atoms with van der Waals surface area (Å²) < 4.78 is 6.76. The topological polar surface area (TPSA) is 82.2 Å². The van der Waals surface area contributed by atoms with Gasteiger partial charge in [0.15, 0.2) is 17.3 Å². The number of anilines is 1. The lowest BCUT2D eigenvalue weighted by Gasteiger charge is -2.42. The molecule has 3 aliphatic rings. The number of ether oxygens (including phenoxy) is 1. The Balaban J connectivity index is 1.37. The van der Waals surface area contributed by atoms with Crippen molar-refractivity contribution in [2.24, 2.45) is 0 Å². The van der Waals surface area contributed by atoms with Gasteiger partial charge < -0.3 is 19.9 Å². The van der Waals surface area contributed by atoms with Crippen LogP contribution in [0.4, 0.5) is 5.82 Å². The maximum absolute atomic E-state index is 5.66. The molecule has 3 aromatic heterocycles. The number of nitrogens with one attached hydrogen (secondary N) is 2. The molecule has 9 heteroatoms. The molecule has 0 amide bonds. The molecule has 2 N–H and O–H groups in total. The monoisotopic (exact) mass is 489 g/mol. The van der Waals surface area contributed by atoms with Gasteiger partial charge >= 0.3 is 0 Å². The van der Waals surface area contributed by atoms with E-state index in [1.54, 1.807) is 11.3 Å². The zero-order chi connectivity index (χ0) is 23.2. The van der Waals surface area contributed by atoms with Crippen LogP contribution >= 0.6 is 11.3 Å². The number of benzene rings is 1. The highest BCUT2D eigenvalue weighted by atomic mass is 32.1. The predicted octanol–water partition coefficient (Wildman–Crippen LogP) is 3.96. The molecule has 7 rings (SSSR count). The van der Waals surface area contributed by atoms with Gasteiger partial charge in [0, 0.05) is 41.8 Å². The summed E-state index contributed by atoms with van der Waals surface area (Å²) in [6, 6.07) is 9.17. The first kappa shape index (κ1) is 21.7. The van der Waals surface area contributed by atoms with Gasteiger partial charge in [-0.3, -0.25) is 4.90 Å². The maximum atomic E-state index is 5.66. The molecule has 6 heterocycles. The van der Waals surface area contributed by atoms with Crippen LogP contribution in [0.5, 0.6) is 0 Å². The highest BCUT2D eigenvalue weighted by Crippen LogP contribution is 2.40. The molecule has 1 aromatic carbocycles. The number of fused-ring (bicyclic) bond motifs is 2. The third-order valence-electron chi connectivity index (χ3n) is 7.68. The van der Waals surface area contributed by atoms with Crippen LogP contribution in [-0.2, 0) is 4.74 Å². The van der Waals surface area contributed by atoms with Crippen molar-refractivity contribution in [3.63, 3.8) is 0 Å². The van der Waals surface area contributed by atoms with Gasteiger partial charge in [0.2, 0.25) is 0 Å². The van der Waals surface area contributed by atoms with Gasteiger partial charge in [-0.05, 0) is 51.0 Å². The number of morpholine rings is 1. The van der Waals surface area contributed by atoms with Crippen molar-refractivity contribution >= 4 is 38.4 Å². The molecule has 4 aromatic rings. The number of piperidine rings is 1. The summed E-state index contributed by atoms with van der Waals surface area (Å²) in [5.41, 5.74) is 2.97. The van der Waals surface area contributed by atoms with Crippen LogP contribution in [0.25, 0.3) is 32.6 Å². The van der Waals surface area contributed by atoms with Gasteiger partial charge in [-0.15, -0.1) is 11.3 Å². The summed E-state index contributed by atoms with van der Waals surface area (Å²) in [5, 5.41) is 6.00. The number of nitrogens with zero attached hydrogens (tertiary/aromatic N) is 5. The van der Waals surface area contributed by atoms with E-state index in [2.05, 4.69) is 44.4 Å². The van der Waals surface area contributed by atoms with Gasteiger partial charge in [0.25, 0.3) is 0 Å². The molecule has 0 saturated carbocycles. The van der Waals surface area contributed by atoms with E-state index in [1.807, 2.05) is 6.20 Å². The third-order valence-corrected chi connectivity index (χ3v) is 8.79. The lowest BCUT2D eigenvalue weighted by molar-refractivity contribution is 0.105. The van der Waals surface area contributed by atoms with E-state index in [4.69, 9.17) is 19.7 Å². The fourth-order valence-corrected chi connectivity index (χ4v) is 6.93. The number of thiazole rings is 1. The van der Waals surface area contributed by atoms with E-state index in [1.165, 1.54) is 30.7 Å². The number of hydrogen-bond donors (Lipinski definition) is 2. The van der Waals surface area contributed by atoms with Crippen molar-refractivity contribution in [2.75, 3.05) is 50.8 Å². The lowest BCUT2D eigenvalue weighted by Crippen LogP contribution is -2.53. The normalized spacial score (nSPS) is 22.5. The van der Waals surface area contributed by atoms with E-state index in [0.29, 0.717) is 12.1 Å². The quantitative estimate of drug-likeness (QED) is 0.439. The molecule has 3 saturated heterocycles. The standard InChI is InChI=1S/C26H31N7OS/c1-2-11-32(12-3-1)21(20-8-10-28-20)26-31-24-22(35-26)25(33-13-15-34-16-14-33)30-23(29-24)18-5-4-6-19-17(18)7-9-27-19/h4-7,9,20-21,27-28H,1-3,8,10-16H2. The summed E-state index contributed by atoms with van der Waals surface area (Å²) in [5.74, 6) is 1.75. The van der Waals surface area contributed by atoms with Crippen molar-refractivity contribution in [1.82, 2.24) is 30.2 Å². The summed E-state index contributed by atoms with van der Waals surface area (Å²) in [6.07, 6.45) is 7.07. The van der Waals surface area contributed by atoms with Crippen molar-refractivity contribution < 1.29 is 4.74 Å². The fraction of sp³-hybridized carbons (Fsp3) is 0.500. The van der Waals surface area contributed by atoms with Gasteiger partial charge in [-0.1, -0.05) is 18.6 Å². The van der Waals surface area contributed by atoms with Crippen LogP contribution in [0.15, 0.2) is 30.5 Å². The molecule has 0 bridgehead atoms. The predicted molar refractivity (Wildman–Crippen MR) is 140 cm³/mol. The molecule has 2 unspecified atom stereocenters. The molecule has 3 aliphatic heterocycles. The minimum Gasteiger partial charge on any atom is -0.378 e. The van der Waals surface area contributed by atoms with Gasteiger partial charge in [-0.25, -0.2) is 15.0 Å². The van der Waals surface area contributed by atoms with Crippen LogP contribution in [0.1, 0.15) is 36.7 Å². The highest BCUT2D eigenvalue weighted by molar-refractivity contribution is 7.19. The van der Waals surface area contributed by atoms with E-state index < -0.39 is 0 Å².